The zero-order chi connectivity index (χ0) is 7.52. The van der Waals surface area contributed by atoms with Gasteiger partial charge in [0, 0.05) is 0 Å². The van der Waals surface area contributed by atoms with Crippen molar-refractivity contribution in [3.8, 4) is 10.4 Å². The molecule has 0 amide bonds. The Labute approximate surface area is 112 Å². The maximum atomic E-state index is 3.07. The van der Waals surface area contributed by atoms with Gasteiger partial charge in [-0.05, 0) is 0 Å². The van der Waals surface area contributed by atoms with Crippen molar-refractivity contribution in [2.75, 3.05) is 0 Å². The molecule has 0 radical (unpaired) electrons. The number of hydrogen-bond acceptors (Lipinski definition) is 1. The van der Waals surface area contributed by atoms with Crippen LogP contribution in [0.15, 0.2) is 42.5 Å². The summed E-state index contributed by atoms with van der Waals surface area (Å²) in [7, 11) is 0. The molecule has 0 N–H and O–H groups in total. The molecule has 0 aliphatic carbocycles. The van der Waals surface area contributed by atoms with Crippen molar-refractivity contribution in [3.05, 3.63) is 47.8 Å². The third-order valence-electron chi connectivity index (χ3n) is 1.53. The zero-order valence-corrected chi connectivity index (χ0v) is 13.0. The molecule has 0 saturated carbocycles. The van der Waals surface area contributed by atoms with Crippen molar-refractivity contribution < 1.29 is 43.5 Å². The van der Waals surface area contributed by atoms with E-state index in [1.54, 1.807) is 11.3 Å². The van der Waals surface area contributed by atoms with Crippen LogP contribution in [0.4, 0.5) is 0 Å². The van der Waals surface area contributed by atoms with Gasteiger partial charge in [-0.25, -0.2) is 0 Å². The summed E-state index contributed by atoms with van der Waals surface area (Å²) in [5, 5.41) is 3.07. The molecule has 2 rings (SSSR count). The molecule has 0 spiro atoms. The third kappa shape index (κ3) is 3.49. The van der Waals surface area contributed by atoms with Gasteiger partial charge in [-0.15, -0.1) is 10.3 Å². The van der Waals surface area contributed by atoms with Gasteiger partial charge < -0.3 is 24.0 Å². The normalized spacial score (nSPS) is 8.31. The average molecular weight is 352 g/mol. The molecule has 13 heavy (non-hydrogen) atoms. The smallest absolute Gasteiger partial charge is 1.00 e. The third-order valence-corrected chi connectivity index (χ3v) is 2.38. The van der Waals surface area contributed by atoms with Crippen LogP contribution in [0, 0.1) is 5.38 Å². The van der Waals surface area contributed by atoms with Crippen LogP contribution in [-0.4, -0.2) is 0 Å². The average Bonchev–Trinajstić information content (AvgIpc) is 2.58. The van der Waals surface area contributed by atoms with Gasteiger partial charge in [0.25, 0.3) is 0 Å². The molecular formula is C10H7ISZn. The second-order valence-electron chi connectivity index (χ2n) is 2.28. The Bertz CT molecular complexity index is 318. The summed E-state index contributed by atoms with van der Waals surface area (Å²) in [5.74, 6) is 0. The number of benzene rings is 1. The molecule has 0 bridgehead atoms. The number of hydrogen-bond donors (Lipinski definition) is 0. The Kier molecular flexibility index (Phi) is 6.83. The molecule has 0 unspecified atom stereocenters. The first-order chi connectivity index (χ1) is 5.47. The summed E-state index contributed by atoms with van der Waals surface area (Å²) in [6.07, 6.45) is 0. The Hall–Kier alpha value is 0.273. The van der Waals surface area contributed by atoms with Gasteiger partial charge in [-0.2, -0.15) is 12.1 Å². The predicted octanol–water partition coefficient (Wildman–Crippen LogP) is 0.217. The first-order valence-electron chi connectivity index (χ1n) is 3.48. The van der Waals surface area contributed by atoms with E-state index in [4.69, 9.17) is 0 Å². The quantitative estimate of drug-likeness (QED) is 0.392. The molecule has 1 aromatic carbocycles. The Morgan fingerprint density at radius 1 is 1.00 bits per heavy atom. The van der Waals surface area contributed by atoms with Gasteiger partial charge in [0.05, 0.1) is 0 Å². The zero-order valence-electron chi connectivity index (χ0n) is 7.03. The van der Waals surface area contributed by atoms with E-state index in [-0.39, 0.29) is 43.5 Å². The van der Waals surface area contributed by atoms with Crippen molar-refractivity contribution in [2.24, 2.45) is 0 Å². The summed E-state index contributed by atoms with van der Waals surface area (Å²) in [6, 6.07) is 14.4. The first kappa shape index (κ1) is 13.3. The summed E-state index contributed by atoms with van der Waals surface area (Å²) in [6.45, 7) is 0. The standard InChI is InChI=1S/C10H7S.HI.Zn/c1-2-5-9(6-3-1)10-7-4-8-11-10;;/h1-7H;1H;/q-1;;+2/p-1. The molecule has 1 heterocycles. The van der Waals surface area contributed by atoms with Crippen LogP contribution in [0.5, 0.6) is 0 Å². The SMILES string of the molecule is [I-].[Zn+2].[c-]1ccc(-c2ccccc2)s1. The van der Waals surface area contributed by atoms with E-state index < -0.39 is 0 Å². The fraction of sp³-hybridized carbons (Fsp3) is 0. The minimum atomic E-state index is 0. The van der Waals surface area contributed by atoms with Crippen molar-refractivity contribution in [1.82, 2.24) is 0 Å². The second kappa shape index (κ2) is 6.69. The molecule has 3 heteroatoms. The largest absolute Gasteiger partial charge is 2.00 e. The maximum absolute atomic E-state index is 3.07. The van der Waals surface area contributed by atoms with Crippen LogP contribution >= 0.6 is 11.3 Å². The van der Waals surface area contributed by atoms with E-state index in [0.717, 1.165) is 0 Å². The maximum Gasteiger partial charge on any atom is 2.00 e. The van der Waals surface area contributed by atoms with E-state index >= 15 is 0 Å². The van der Waals surface area contributed by atoms with E-state index in [1.165, 1.54) is 10.4 Å². The Morgan fingerprint density at radius 2 is 1.69 bits per heavy atom. The topological polar surface area (TPSA) is 0 Å². The van der Waals surface area contributed by atoms with Crippen LogP contribution in [0.2, 0.25) is 0 Å². The molecule has 0 saturated heterocycles. The van der Waals surface area contributed by atoms with E-state index in [1.807, 2.05) is 12.1 Å². The van der Waals surface area contributed by atoms with Gasteiger partial charge in [0.15, 0.2) is 0 Å². The molecule has 0 fully saturated rings. The number of thiophene rings is 1. The summed E-state index contributed by atoms with van der Waals surface area (Å²) in [5.41, 5.74) is 1.28. The van der Waals surface area contributed by atoms with Crippen LogP contribution in [0.1, 0.15) is 0 Å². The summed E-state index contributed by atoms with van der Waals surface area (Å²) in [4.78, 5) is 1.28. The Morgan fingerprint density at radius 3 is 2.23 bits per heavy atom. The van der Waals surface area contributed by atoms with Crippen LogP contribution in [-0.2, 0) is 19.5 Å². The molecule has 0 aliphatic rings. The van der Waals surface area contributed by atoms with Gasteiger partial charge in [0.1, 0.15) is 0 Å². The molecule has 1 aromatic heterocycles. The number of halogens is 1. The van der Waals surface area contributed by atoms with Gasteiger partial charge in [0.2, 0.25) is 0 Å². The fourth-order valence-corrected chi connectivity index (χ4v) is 1.65. The van der Waals surface area contributed by atoms with Crippen molar-refractivity contribution in [3.63, 3.8) is 0 Å². The van der Waals surface area contributed by atoms with Crippen LogP contribution in [0.3, 0.4) is 0 Å². The predicted molar refractivity (Wildman–Crippen MR) is 48.6 cm³/mol. The van der Waals surface area contributed by atoms with Crippen LogP contribution < -0.4 is 24.0 Å². The molecule has 2 aromatic rings. The van der Waals surface area contributed by atoms with E-state index in [2.05, 4.69) is 35.7 Å². The molecule has 0 nitrogen and oxygen atoms in total. The van der Waals surface area contributed by atoms with Gasteiger partial charge in [-0.3, -0.25) is 11.3 Å². The van der Waals surface area contributed by atoms with Gasteiger partial charge in [-0.1, -0.05) is 35.9 Å². The second-order valence-corrected chi connectivity index (χ2v) is 3.16. The molecule has 0 atom stereocenters. The van der Waals surface area contributed by atoms with E-state index in [9.17, 15) is 0 Å². The minimum absolute atomic E-state index is 0. The summed E-state index contributed by atoms with van der Waals surface area (Å²) < 4.78 is 0. The van der Waals surface area contributed by atoms with Gasteiger partial charge >= 0.3 is 19.5 Å². The first-order valence-corrected chi connectivity index (χ1v) is 4.30. The van der Waals surface area contributed by atoms with Crippen molar-refractivity contribution in [1.29, 1.82) is 0 Å². The molecule has 0 aliphatic heterocycles. The number of rotatable bonds is 1. The molecular weight excluding hydrogens is 344 g/mol. The fourth-order valence-electron chi connectivity index (χ4n) is 0.999. The minimum Gasteiger partial charge on any atom is -1.00 e. The summed E-state index contributed by atoms with van der Waals surface area (Å²) >= 11 is 1.65. The van der Waals surface area contributed by atoms with Crippen LogP contribution in [0.25, 0.3) is 10.4 Å². The Balaban J connectivity index is 0.000000720. The van der Waals surface area contributed by atoms with Crippen molar-refractivity contribution >= 4 is 11.3 Å². The van der Waals surface area contributed by atoms with Crippen molar-refractivity contribution in [2.45, 2.75) is 0 Å². The monoisotopic (exact) mass is 350 g/mol. The molecule has 62 valence electrons. The van der Waals surface area contributed by atoms with E-state index in [0.29, 0.717) is 0 Å².